The zero-order valence-corrected chi connectivity index (χ0v) is 11.1. The molecular weight excluding hydrogens is 236 g/mol. The summed E-state index contributed by atoms with van der Waals surface area (Å²) in [6.07, 6.45) is 6.04. The Morgan fingerprint density at radius 2 is 2.26 bits per heavy atom. The molecule has 0 saturated heterocycles. The SMILES string of the molecule is CCc1nc(N)cc(C2CCCc3cccnc32)n1. The molecule has 3 rings (SSSR count). The lowest BCUT2D eigenvalue weighted by atomic mass is 9.84. The van der Waals surface area contributed by atoms with E-state index in [0.29, 0.717) is 5.82 Å². The van der Waals surface area contributed by atoms with Gasteiger partial charge in [0.1, 0.15) is 11.6 Å². The fourth-order valence-corrected chi connectivity index (χ4v) is 2.77. The summed E-state index contributed by atoms with van der Waals surface area (Å²) in [4.78, 5) is 13.5. The Hall–Kier alpha value is -1.97. The van der Waals surface area contributed by atoms with Crippen LogP contribution >= 0.6 is 0 Å². The van der Waals surface area contributed by atoms with Gasteiger partial charge in [0.15, 0.2) is 0 Å². The van der Waals surface area contributed by atoms with Gasteiger partial charge in [-0.1, -0.05) is 13.0 Å². The van der Waals surface area contributed by atoms with Gasteiger partial charge in [-0.3, -0.25) is 4.98 Å². The molecule has 2 heterocycles. The first-order chi connectivity index (χ1) is 9.28. The molecule has 2 N–H and O–H groups in total. The lowest BCUT2D eigenvalue weighted by molar-refractivity contribution is 0.584. The van der Waals surface area contributed by atoms with Crippen LogP contribution in [0.5, 0.6) is 0 Å². The van der Waals surface area contributed by atoms with Gasteiger partial charge in [-0.05, 0) is 30.9 Å². The van der Waals surface area contributed by atoms with Crippen molar-refractivity contribution < 1.29 is 0 Å². The van der Waals surface area contributed by atoms with Crippen LogP contribution in [0.25, 0.3) is 0 Å². The molecule has 1 aliphatic rings. The summed E-state index contributed by atoms with van der Waals surface area (Å²) >= 11 is 0. The molecule has 0 spiro atoms. The third kappa shape index (κ3) is 2.30. The van der Waals surface area contributed by atoms with Gasteiger partial charge in [0, 0.05) is 24.6 Å². The van der Waals surface area contributed by atoms with E-state index in [2.05, 4.69) is 21.0 Å². The van der Waals surface area contributed by atoms with Crippen LogP contribution in [0, 0.1) is 0 Å². The van der Waals surface area contributed by atoms with Crippen LogP contribution in [0.1, 0.15) is 48.5 Å². The smallest absolute Gasteiger partial charge is 0.130 e. The highest BCUT2D eigenvalue weighted by Crippen LogP contribution is 2.34. The van der Waals surface area contributed by atoms with Crippen molar-refractivity contribution in [3.63, 3.8) is 0 Å². The fourth-order valence-electron chi connectivity index (χ4n) is 2.77. The fraction of sp³-hybridized carbons (Fsp3) is 0.400. The highest BCUT2D eigenvalue weighted by molar-refractivity contribution is 5.38. The average molecular weight is 254 g/mol. The average Bonchev–Trinajstić information content (AvgIpc) is 2.46. The molecule has 4 nitrogen and oxygen atoms in total. The second-order valence-electron chi connectivity index (χ2n) is 4.98. The zero-order valence-electron chi connectivity index (χ0n) is 11.1. The maximum Gasteiger partial charge on any atom is 0.130 e. The van der Waals surface area contributed by atoms with Crippen molar-refractivity contribution >= 4 is 5.82 Å². The van der Waals surface area contributed by atoms with Gasteiger partial charge < -0.3 is 5.73 Å². The van der Waals surface area contributed by atoms with Gasteiger partial charge in [-0.15, -0.1) is 0 Å². The molecule has 1 unspecified atom stereocenters. The first-order valence-corrected chi connectivity index (χ1v) is 6.85. The number of hydrogen-bond acceptors (Lipinski definition) is 4. The molecule has 4 heteroatoms. The lowest BCUT2D eigenvalue weighted by Crippen LogP contribution is -2.15. The Balaban J connectivity index is 2.06. The largest absolute Gasteiger partial charge is 0.384 e. The summed E-state index contributed by atoms with van der Waals surface area (Å²) in [6.45, 7) is 2.05. The third-order valence-electron chi connectivity index (χ3n) is 3.68. The number of anilines is 1. The van der Waals surface area contributed by atoms with Gasteiger partial charge in [-0.25, -0.2) is 9.97 Å². The molecular formula is C15H18N4. The van der Waals surface area contributed by atoms with E-state index in [1.807, 2.05) is 25.3 Å². The zero-order chi connectivity index (χ0) is 13.2. The van der Waals surface area contributed by atoms with E-state index in [-0.39, 0.29) is 5.92 Å². The Kier molecular flexibility index (Phi) is 3.15. The Bertz CT molecular complexity index is 594. The van der Waals surface area contributed by atoms with Crippen LogP contribution in [0.2, 0.25) is 0 Å². The minimum absolute atomic E-state index is 0.264. The summed E-state index contributed by atoms with van der Waals surface area (Å²) in [5, 5.41) is 0. The van der Waals surface area contributed by atoms with Gasteiger partial charge in [-0.2, -0.15) is 0 Å². The molecule has 0 radical (unpaired) electrons. The van der Waals surface area contributed by atoms with Gasteiger partial charge in [0.25, 0.3) is 0 Å². The molecule has 1 aliphatic carbocycles. The number of hydrogen-bond donors (Lipinski definition) is 1. The summed E-state index contributed by atoms with van der Waals surface area (Å²) < 4.78 is 0. The van der Waals surface area contributed by atoms with Crippen molar-refractivity contribution in [3.05, 3.63) is 47.2 Å². The monoisotopic (exact) mass is 254 g/mol. The molecule has 2 aromatic heterocycles. The standard InChI is InChI=1S/C15H18N4/c1-2-14-18-12(9-13(16)19-14)11-7-3-5-10-6-4-8-17-15(10)11/h4,6,8-9,11H,2-3,5,7H2,1H3,(H2,16,18,19). The molecule has 19 heavy (non-hydrogen) atoms. The van der Waals surface area contributed by atoms with Crippen molar-refractivity contribution in [2.24, 2.45) is 0 Å². The molecule has 0 bridgehead atoms. The molecule has 0 aromatic carbocycles. The van der Waals surface area contributed by atoms with Crippen LogP contribution in [0.15, 0.2) is 24.4 Å². The lowest BCUT2D eigenvalue weighted by Gasteiger charge is -2.24. The maximum atomic E-state index is 5.89. The maximum absolute atomic E-state index is 5.89. The normalized spacial score (nSPS) is 18.1. The van der Waals surface area contributed by atoms with E-state index < -0.39 is 0 Å². The first-order valence-electron chi connectivity index (χ1n) is 6.85. The van der Waals surface area contributed by atoms with Crippen LogP contribution in [0.4, 0.5) is 5.82 Å². The van der Waals surface area contributed by atoms with E-state index in [0.717, 1.165) is 36.5 Å². The third-order valence-corrected chi connectivity index (χ3v) is 3.68. The molecule has 2 aromatic rings. The Labute approximate surface area is 113 Å². The molecule has 0 fully saturated rings. The summed E-state index contributed by atoms with van der Waals surface area (Å²) in [5.41, 5.74) is 9.41. The first kappa shape index (κ1) is 12.1. The quantitative estimate of drug-likeness (QED) is 0.894. The van der Waals surface area contributed by atoms with Gasteiger partial charge in [0.2, 0.25) is 0 Å². The van der Waals surface area contributed by atoms with Crippen molar-refractivity contribution in [1.82, 2.24) is 15.0 Å². The molecule has 0 amide bonds. The van der Waals surface area contributed by atoms with Crippen LogP contribution in [-0.4, -0.2) is 15.0 Å². The van der Waals surface area contributed by atoms with Crippen molar-refractivity contribution in [3.8, 4) is 0 Å². The molecule has 1 atom stereocenters. The summed E-state index contributed by atoms with van der Waals surface area (Å²) in [5.74, 6) is 1.64. The number of aromatic nitrogens is 3. The predicted octanol–water partition coefficient (Wildman–Crippen LogP) is 2.48. The minimum Gasteiger partial charge on any atom is -0.384 e. The number of pyridine rings is 1. The molecule has 98 valence electrons. The van der Waals surface area contributed by atoms with Crippen LogP contribution in [0.3, 0.4) is 0 Å². The highest BCUT2D eigenvalue weighted by Gasteiger charge is 2.24. The number of nitrogens with two attached hydrogens (primary N) is 1. The van der Waals surface area contributed by atoms with Crippen molar-refractivity contribution in [2.45, 2.75) is 38.5 Å². The highest BCUT2D eigenvalue weighted by atomic mass is 14.9. The second kappa shape index (κ2) is 4.96. The summed E-state index contributed by atoms with van der Waals surface area (Å²) in [6, 6.07) is 6.07. The topological polar surface area (TPSA) is 64.7 Å². The van der Waals surface area contributed by atoms with E-state index in [1.54, 1.807) is 0 Å². The van der Waals surface area contributed by atoms with Crippen molar-refractivity contribution in [1.29, 1.82) is 0 Å². The Morgan fingerprint density at radius 1 is 1.37 bits per heavy atom. The predicted molar refractivity (Wildman–Crippen MR) is 74.8 cm³/mol. The minimum atomic E-state index is 0.264. The van der Waals surface area contributed by atoms with Crippen LogP contribution in [-0.2, 0) is 12.8 Å². The van der Waals surface area contributed by atoms with Crippen molar-refractivity contribution in [2.75, 3.05) is 5.73 Å². The van der Waals surface area contributed by atoms with E-state index in [4.69, 9.17) is 5.73 Å². The molecule has 0 aliphatic heterocycles. The van der Waals surface area contributed by atoms with E-state index >= 15 is 0 Å². The number of nitrogen functional groups attached to an aromatic ring is 1. The number of rotatable bonds is 2. The van der Waals surface area contributed by atoms with Gasteiger partial charge >= 0.3 is 0 Å². The summed E-state index contributed by atoms with van der Waals surface area (Å²) in [7, 11) is 0. The Morgan fingerprint density at radius 3 is 3.11 bits per heavy atom. The number of aryl methyl sites for hydroxylation is 2. The second-order valence-corrected chi connectivity index (χ2v) is 4.98. The number of nitrogens with zero attached hydrogens (tertiary/aromatic N) is 3. The number of fused-ring (bicyclic) bond motifs is 1. The van der Waals surface area contributed by atoms with E-state index in [9.17, 15) is 0 Å². The van der Waals surface area contributed by atoms with E-state index in [1.165, 1.54) is 12.0 Å². The molecule has 0 saturated carbocycles. The van der Waals surface area contributed by atoms with Gasteiger partial charge in [0.05, 0.1) is 11.4 Å². The van der Waals surface area contributed by atoms with Crippen LogP contribution < -0.4 is 5.73 Å².